The number of halogens is 2. The summed E-state index contributed by atoms with van der Waals surface area (Å²) >= 11 is 5.95. The SMILES string of the molecule is Cc1noc(C2CN(C(=O)c3cc(Cl)ccc3F)CC2c2ccccc2)n1. The molecule has 1 saturated heterocycles. The first-order chi connectivity index (χ1) is 13.0. The molecule has 1 aliphatic heterocycles. The first kappa shape index (κ1) is 17.7. The van der Waals surface area contributed by atoms with Crippen LogP contribution in [0.15, 0.2) is 53.1 Å². The largest absolute Gasteiger partial charge is 0.339 e. The van der Waals surface area contributed by atoms with Crippen molar-refractivity contribution in [3.63, 3.8) is 0 Å². The molecule has 0 saturated carbocycles. The molecule has 1 fully saturated rings. The summed E-state index contributed by atoms with van der Waals surface area (Å²) in [5.41, 5.74) is 1.04. The van der Waals surface area contributed by atoms with Crippen LogP contribution in [0.25, 0.3) is 0 Å². The minimum absolute atomic E-state index is 0.0164. The van der Waals surface area contributed by atoms with E-state index in [0.29, 0.717) is 29.8 Å². The lowest BCUT2D eigenvalue weighted by molar-refractivity contribution is 0.0783. The number of hydrogen-bond acceptors (Lipinski definition) is 4. The van der Waals surface area contributed by atoms with Crippen LogP contribution in [0.5, 0.6) is 0 Å². The summed E-state index contributed by atoms with van der Waals surface area (Å²) in [5.74, 6) is -0.116. The van der Waals surface area contributed by atoms with Gasteiger partial charge in [-0.15, -0.1) is 0 Å². The summed E-state index contributed by atoms with van der Waals surface area (Å²) in [6.45, 7) is 2.55. The Hall–Kier alpha value is -2.73. The van der Waals surface area contributed by atoms with Gasteiger partial charge in [-0.25, -0.2) is 4.39 Å². The molecule has 5 nitrogen and oxygen atoms in total. The molecular weight excluding hydrogens is 369 g/mol. The molecule has 0 aliphatic carbocycles. The third-order valence-electron chi connectivity index (χ3n) is 4.85. The Kier molecular flexibility index (Phi) is 4.66. The van der Waals surface area contributed by atoms with Gasteiger partial charge in [0.15, 0.2) is 5.82 Å². The van der Waals surface area contributed by atoms with E-state index >= 15 is 0 Å². The molecule has 2 atom stereocenters. The van der Waals surface area contributed by atoms with Crippen LogP contribution in [0.2, 0.25) is 5.02 Å². The van der Waals surface area contributed by atoms with Crippen LogP contribution < -0.4 is 0 Å². The quantitative estimate of drug-likeness (QED) is 0.678. The molecule has 0 bridgehead atoms. The molecule has 1 aromatic heterocycles. The summed E-state index contributed by atoms with van der Waals surface area (Å²) in [6.07, 6.45) is 0. The Morgan fingerprint density at radius 1 is 1.19 bits per heavy atom. The molecule has 0 radical (unpaired) electrons. The molecule has 0 spiro atoms. The third-order valence-corrected chi connectivity index (χ3v) is 5.09. The van der Waals surface area contributed by atoms with Crippen molar-refractivity contribution >= 4 is 17.5 Å². The standard InChI is InChI=1S/C20H17ClFN3O2/c1-12-23-19(27-24-12)17-11-25(10-16(17)13-5-3-2-4-6-13)20(26)15-9-14(21)7-8-18(15)22/h2-9,16-17H,10-11H2,1H3. The summed E-state index contributed by atoms with van der Waals surface area (Å²) in [6, 6.07) is 13.9. The molecule has 2 unspecified atom stereocenters. The minimum Gasteiger partial charge on any atom is -0.339 e. The molecular formula is C20H17ClFN3O2. The predicted molar refractivity (Wildman–Crippen MR) is 98.3 cm³/mol. The number of nitrogens with zero attached hydrogens (tertiary/aromatic N) is 3. The van der Waals surface area contributed by atoms with Crippen molar-refractivity contribution in [3.05, 3.63) is 82.2 Å². The van der Waals surface area contributed by atoms with Gasteiger partial charge < -0.3 is 9.42 Å². The van der Waals surface area contributed by atoms with Crippen LogP contribution in [0.3, 0.4) is 0 Å². The maximum atomic E-state index is 14.2. The molecule has 1 aliphatic rings. The van der Waals surface area contributed by atoms with Crippen molar-refractivity contribution in [2.45, 2.75) is 18.8 Å². The number of carbonyl (C=O) groups excluding carboxylic acids is 1. The monoisotopic (exact) mass is 385 g/mol. The van der Waals surface area contributed by atoms with Crippen LogP contribution in [0.4, 0.5) is 4.39 Å². The van der Waals surface area contributed by atoms with Gasteiger partial charge in [0.2, 0.25) is 5.89 Å². The van der Waals surface area contributed by atoms with Gasteiger partial charge in [-0.05, 0) is 30.7 Å². The van der Waals surface area contributed by atoms with Crippen molar-refractivity contribution in [2.75, 3.05) is 13.1 Å². The molecule has 0 N–H and O–H groups in total. The highest BCUT2D eigenvalue weighted by molar-refractivity contribution is 6.31. The van der Waals surface area contributed by atoms with E-state index in [1.165, 1.54) is 18.2 Å². The van der Waals surface area contributed by atoms with E-state index in [1.807, 2.05) is 30.3 Å². The van der Waals surface area contributed by atoms with E-state index in [2.05, 4.69) is 10.1 Å². The van der Waals surface area contributed by atoms with Gasteiger partial charge in [-0.3, -0.25) is 4.79 Å². The molecule has 4 rings (SSSR count). The second-order valence-corrected chi connectivity index (χ2v) is 7.07. The van der Waals surface area contributed by atoms with Crippen LogP contribution in [-0.2, 0) is 0 Å². The number of amides is 1. The van der Waals surface area contributed by atoms with Gasteiger partial charge in [0.1, 0.15) is 5.82 Å². The van der Waals surface area contributed by atoms with Gasteiger partial charge in [0, 0.05) is 24.0 Å². The number of aromatic nitrogens is 2. The lowest BCUT2D eigenvalue weighted by atomic mass is 9.89. The number of hydrogen-bond donors (Lipinski definition) is 0. The number of likely N-dealkylation sites (tertiary alicyclic amines) is 1. The van der Waals surface area contributed by atoms with Crippen molar-refractivity contribution in [2.24, 2.45) is 0 Å². The summed E-state index contributed by atoms with van der Waals surface area (Å²) in [7, 11) is 0. The summed E-state index contributed by atoms with van der Waals surface area (Å²) in [5, 5.41) is 4.20. The Morgan fingerprint density at radius 2 is 1.93 bits per heavy atom. The summed E-state index contributed by atoms with van der Waals surface area (Å²) in [4.78, 5) is 18.9. The zero-order chi connectivity index (χ0) is 19.0. The Bertz CT molecular complexity index is 976. The second kappa shape index (κ2) is 7.12. The van der Waals surface area contributed by atoms with E-state index < -0.39 is 11.7 Å². The lowest BCUT2D eigenvalue weighted by Gasteiger charge is -2.17. The van der Waals surface area contributed by atoms with Crippen LogP contribution in [0, 0.1) is 12.7 Å². The van der Waals surface area contributed by atoms with Gasteiger partial charge in [-0.2, -0.15) is 4.98 Å². The van der Waals surface area contributed by atoms with Crippen LogP contribution in [0.1, 0.15) is 39.5 Å². The summed E-state index contributed by atoms with van der Waals surface area (Å²) < 4.78 is 19.6. The fraction of sp³-hybridized carbons (Fsp3) is 0.250. The Labute approximate surface area is 160 Å². The fourth-order valence-corrected chi connectivity index (χ4v) is 3.73. The molecule has 2 aromatic carbocycles. The Morgan fingerprint density at radius 3 is 2.63 bits per heavy atom. The highest BCUT2D eigenvalue weighted by Gasteiger charge is 2.40. The van der Waals surface area contributed by atoms with Crippen molar-refractivity contribution < 1.29 is 13.7 Å². The molecule has 2 heterocycles. The average molecular weight is 386 g/mol. The van der Waals surface area contributed by atoms with E-state index in [1.54, 1.807) is 11.8 Å². The number of carbonyl (C=O) groups is 1. The molecule has 27 heavy (non-hydrogen) atoms. The van der Waals surface area contributed by atoms with E-state index in [9.17, 15) is 9.18 Å². The van der Waals surface area contributed by atoms with Crippen molar-refractivity contribution in [3.8, 4) is 0 Å². The van der Waals surface area contributed by atoms with Gasteiger partial charge in [0.25, 0.3) is 5.91 Å². The smallest absolute Gasteiger partial charge is 0.256 e. The highest BCUT2D eigenvalue weighted by Crippen LogP contribution is 2.39. The minimum atomic E-state index is -0.585. The number of aryl methyl sites for hydroxylation is 1. The molecule has 1 amide bonds. The maximum absolute atomic E-state index is 14.2. The normalized spacial score (nSPS) is 19.4. The molecule has 7 heteroatoms. The first-order valence-corrected chi connectivity index (χ1v) is 9.00. The van der Waals surface area contributed by atoms with Gasteiger partial charge in [-0.1, -0.05) is 47.1 Å². The molecule has 3 aromatic rings. The van der Waals surface area contributed by atoms with Gasteiger partial charge >= 0.3 is 0 Å². The fourth-order valence-electron chi connectivity index (χ4n) is 3.55. The van der Waals surface area contributed by atoms with Crippen molar-refractivity contribution in [1.82, 2.24) is 15.0 Å². The average Bonchev–Trinajstić information content (AvgIpc) is 3.30. The number of rotatable bonds is 3. The first-order valence-electron chi connectivity index (χ1n) is 8.62. The Balaban J connectivity index is 1.68. The molecule has 138 valence electrons. The number of benzene rings is 2. The van der Waals surface area contributed by atoms with Crippen molar-refractivity contribution in [1.29, 1.82) is 0 Å². The predicted octanol–water partition coefficient (Wildman–Crippen LogP) is 4.19. The van der Waals surface area contributed by atoms with E-state index in [-0.39, 0.29) is 17.4 Å². The van der Waals surface area contributed by atoms with E-state index in [4.69, 9.17) is 16.1 Å². The van der Waals surface area contributed by atoms with Gasteiger partial charge in [0.05, 0.1) is 11.5 Å². The van der Waals surface area contributed by atoms with Crippen LogP contribution in [-0.4, -0.2) is 34.0 Å². The zero-order valence-electron chi connectivity index (χ0n) is 14.6. The van der Waals surface area contributed by atoms with E-state index in [0.717, 1.165) is 5.56 Å². The third kappa shape index (κ3) is 3.45. The van der Waals surface area contributed by atoms with Crippen LogP contribution >= 0.6 is 11.6 Å². The maximum Gasteiger partial charge on any atom is 0.256 e. The lowest BCUT2D eigenvalue weighted by Crippen LogP contribution is -2.29. The topological polar surface area (TPSA) is 59.2 Å². The zero-order valence-corrected chi connectivity index (χ0v) is 15.4. The second-order valence-electron chi connectivity index (χ2n) is 6.64. The highest BCUT2D eigenvalue weighted by atomic mass is 35.5.